The Bertz CT molecular complexity index is 1080. The minimum absolute atomic E-state index is 0.00486. The summed E-state index contributed by atoms with van der Waals surface area (Å²) < 4.78 is 0. The fourth-order valence-corrected chi connectivity index (χ4v) is 3.69. The van der Waals surface area contributed by atoms with Gasteiger partial charge >= 0.3 is 0 Å². The van der Waals surface area contributed by atoms with E-state index in [4.69, 9.17) is 5.73 Å². The number of benzene rings is 2. The molecule has 0 bridgehead atoms. The summed E-state index contributed by atoms with van der Waals surface area (Å²) >= 11 is 1.29. The van der Waals surface area contributed by atoms with Crippen LogP contribution in [0, 0.1) is 17.0 Å². The van der Waals surface area contributed by atoms with Crippen molar-refractivity contribution >= 4 is 39.4 Å². The quantitative estimate of drug-likeness (QED) is 0.334. The van der Waals surface area contributed by atoms with Crippen LogP contribution < -0.4 is 16.4 Å². The molecule has 156 valence electrons. The van der Waals surface area contributed by atoms with Crippen LogP contribution in [0.1, 0.15) is 12.6 Å². The van der Waals surface area contributed by atoms with Crippen LogP contribution in [0.5, 0.6) is 0 Å². The second-order valence-corrected chi connectivity index (χ2v) is 7.70. The lowest BCUT2D eigenvalue weighted by Crippen LogP contribution is -2.43. The molecule has 0 aliphatic heterocycles. The van der Waals surface area contributed by atoms with Gasteiger partial charge in [0.05, 0.1) is 21.6 Å². The highest BCUT2D eigenvalue weighted by molar-refractivity contribution is 7.19. The van der Waals surface area contributed by atoms with Crippen LogP contribution in [0.3, 0.4) is 0 Å². The van der Waals surface area contributed by atoms with Crippen molar-refractivity contribution < 1.29 is 14.8 Å². The number of aliphatic hydroxyl groups is 1. The molecule has 1 amide bonds. The van der Waals surface area contributed by atoms with E-state index >= 15 is 0 Å². The molecule has 30 heavy (non-hydrogen) atoms. The number of nitrogens with one attached hydrogen (secondary N) is 2. The Kier molecular flexibility index (Phi) is 6.40. The van der Waals surface area contributed by atoms with Gasteiger partial charge in [0.15, 0.2) is 5.13 Å². The van der Waals surface area contributed by atoms with Gasteiger partial charge in [0.2, 0.25) is 5.91 Å². The first-order chi connectivity index (χ1) is 14.2. The molecule has 0 unspecified atom stereocenters. The molecule has 1 aromatic heterocycles. The van der Waals surface area contributed by atoms with E-state index in [1.165, 1.54) is 30.4 Å². The highest BCUT2D eigenvalue weighted by atomic mass is 32.1. The number of carbonyl (C=O) groups is 1. The van der Waals surface area contributed by atoms with E-state index in [-0.39, 0.29) is 5.69 Å². The largest absolute Gasteiger partial charge is 0.391 e. The van der Waals surface area contributed by atoms with Crippen molar-refractivity contribution in [2.75, 3.05) is 10.6 Å². The fourth-order valence-electron chi connectivity index (χ4n) is 2.73. The zero-order chi connectivity index (χ0) is 21.8. The number of anilines is 3. The van der Waals surface area contributed by atoms with Crippen molar-refractivity contribution in [2.45, 2.75) is 26.0 Å². The number of nitro benzene ring substituents is 1. The van der Waals surface area contributed by atoms with Crippen molar-refractivity contribution in [3.05, 3.63) is 64.3 Å². The third kappa shape index (κ3) is 4.98. The van der Waals surface area contributed by atoms with Crippen molar-refractivity contribution in [3.8, 4) is 10.4 Å². The number of rotatable bonds is 7. The summed E-state index contributed by atoms with van der Waals surface area (Å²) in [6.07, 6.45) is -0.970. The van der Waals surface area contributed by atoms with Crippen LogP contribution in [-0.4, -0.2) is 33.1 Å². The van der Waals surface area contributed by atoms with Gasteiger partial charge in [-0.25, -0.2) is 4.98 Å². The minimum Gasteiger partial charge on any atom is -0.391 e. The minimum atomic E-state index is -1.04. The number of aromatic nitrogens is 1. The van der Waals surface area contributed by atoms with Crippen molar-refractivity contribution in [2.24, 2.45) is 5.73 Å². The lowest BCUT2D eigenvalue weighted by molar-refractivity contribution is -0.384. The van der Waals surface area contributed by atoms with Gasteiger partial charge in [-0.3, -0.25) is 14.9 Å². The summed E-state index contributed by atoms with van der Waals surface area (Å²) in [6, 6.07) is 12.7. The molecule has 1 heterocycles. The maximum atomic E-state index is 12.1. The van der Waals surface area contributed by atoms with Crippen molar-refractivity contribution in [1.82, 2.24) is 4.98 Å². The third-order valence-corrected chi connectivity index (χ3v) is 5.44. The molecular formula is C20H21N5O4S. The molecule has 3 rings (SSSR count). The number of hydrogen-bond acceptors (Lipinski definition) is 8. The Morgan fingerprint density at radius 2 is 1.90 bits per heavy atom. The Morgan fingerprint density at radius 1 is 1.23 bits per heavy atom. The molecular weight excluding hydrogens is 406 g/mol. The van der Waals surface area contributed by atoms with Gasteiger partial charge < -0.3 is 21.5 Å². The number of nitrogens with zero attached hydrogens (tertiary/aromatic N) is 2. The second-order valence-electron chi connectivity index (χ2n) is 6.70. The summed E-state index contributed by atoms with van der Waals surface area (Å²) in [4.78, 5) is 27.8. The molecule has 3 aromatic rings. The molecule has 2 aromatic carbocycles. The Morgan fingerprint density at radius 3 is 2.57 bits per heavy atom. The smallest absolute Gasteiger partial charge is 0.271 e. The molecule has 0 aliphatic rings. The molecule has 5 N–H and O–H groups in total. The number of nitro groups is 1. The first kappa shape index (κ1) is 21.4. The lowest BCUT2D eigenvalue weighted by Gasteiger charge is -2.12. The van der Waals surface area contributed by atoms with Gasteiger partial charge in [-0.2, -0.15) is 0 Å². The van der Waals surface area contributed by atoms with Crippen molar-refractivity contribution in [1.29, 1.82) is 0 Å². The number of aliphatic hydroxyl groups excluding tert-OH is 1. The van der Waals surface area contributed by atoms with E-state index < -0.39 is 23.0 Å². The van der Waals surface area contributed by atoms with Gasteiger partial charge in [-0.1, -0.05) is 29.5 Å². The van der Waals surface area contributed by atoms with Crippen LogP contribution in [0.15, 0.2) is 48.5 Å². The number of nitrogens with two attached hydrogens (primary N) is 1. The van der Waals surface area contributed by atoms with Crippen LogP contribution in [0.25, 0.3) is 10.4 Å². The number of carbonyl (C=O) groups excluding carboxylic acids is 1. The van der Waals surface area contributed by atoms with E-state index in [0.717, 1.165) is 21.8 Å². The van der Waals surface area contributed by atoms with Gasteiger partial charge in [-0.15, -0.1) is 0 Å². The molecule has 0 saturated carbocycles. The number of non-ortho nitro benzene ring substituents is 1. The predicted molar refractivity (Wildman–Crippen MR) is 117 cm³/mol. The summed E-state index contributed by atoms with van der Waals surface area (Å²) in [5, 5.41) is 26.6. The molecule has 0 fully saturated rings. The summed E-state index contributed by atoms with van der Waals surface area (Å²) in [6.45, 7) is 3.28. The second kappa shape index (κ2) is 8.99. The average Bonchev–Trinajstić information content (AvgIpc) is 3.07. The standard InChI is InChI=1S/C20H21N5O4S/c1-11-18(30-20(22-11)24-19(27)17(21)12(2)26)13-5-3-6-14(9-13)23-15-7-4-8-16(10-15)25(28)29/h3-10,12,17,23,26H,21H2,1-2H3,(H,22,24,27)/t12-,17-/m1/s1. The summed E-state index contributed by atoms with van der Waals surface area (Å²) in [5.41, 5.74) is 8.61. The van der Waals surface area contributed by atoms with E-state index in [2.05, 4.69) is 15.6 Å². The highest BCUT2D eigenvalue weighted by Gasteiger charge is 2.21. The SMILES string of the molecule is Cc1nc(NC(=O)[C@H](N)[C@@H](C)O)sc1-c1cccc(Nc2cccc([N+](=O)[O-])c2)c1. The Balaban J connectivity index is 1.81. The molecule has 0 saturated heterocycles. The van der Waals surface area contributed by atoms with E-state index in [1.807, 2.05) is 31.2 Å². The number of amides is 1. The predicted octanol–water partition coefficient (Wildman–Crippen LogP) is 3.42. The molecule has 2 atom stereocenters. The molecule has 0 spiro atoms. The van der Waals surface area contributed by atoms with E-state index in [9.17, 15) is 20.0 Å². The zero-order valence-corrected chi connectivity index (χ0v) is 17.1. The number of aryl methyl sites for hydroxylation is 1. The van der Waals surface area contributed by atoms with Gasteiger partial charge in [-0.05, 0) is 37.6 Å². The number of hydrogen-bond donors (Lipinski definition) is 4. The maximum absolute atomic E-state index is 12.1. The first-order valence-electron chi connectivity index (χ1n) is 9.08. The molecule has 10 heteroatoms. The molecule has 0 radical (unpaired) electrons. The highest BCUT2D eigenvalue weighted by Crippen LogP contribution is 2.34. The summed E-state index contributed by atoms with van der Waals surface area (Å²) in [5.74, 6) is -0.508. The van der Waals surface area contributed by atoms with Crippen LogP contribution >= 0.6 is 11.3 Å². The van der Waals surface area contributed by atoms with Crippen LogP contribution in [-0.2, 0) is 4.79 Å². The lowest BCUT2D eigenvalue weighted by atomic mass is 10.1. The summed E-state index contributed by atoms with van der Waals surface area (Å²) in [7, 11) is 0. The normalized spacial score (nSPS) is 12.8. The zero-order valence-electron chi connectivity index (χ0n) is 16.3. The Hall–Kier alpha value is -3.34. The Labute approximate surface area is 176 Å². The average molecular weight is 427 g/mol. The van der Waals surface area contributed by atoms with Crippen molar-refractivity contribution in [3.63, 3.8) is 0 Å². The van der Waals surface area contributed by atoms with E-state index in [0.29, 0.717) is 10.8 Å². The van der Waals surface area contributed by atoms with Crippen LogP contribution in [0.4, 0.5) is 22.2 Å². The van der Waals surface area contributed by atoms with Crippen LogP contribution in [0.2, 0.25) is 0 Å². The first-order valence-corrected chi connectivity index (χ1v) is 9.90. The molecule has 9 nitrogen and oxygen atoms in total. The monoisotopic (exact) mass is 427 g/mol. The topological polar surface area (TPSA) is 143 Å². The van der Waals surface area contributed by atoms with Gasteiger partial charge in [0, 0.05) is 23.5 Å². The maximum Gasteiger partial charge on any atom is 0.271 e. The third-order valence-electron chi connectivity index (χ3n) is 4.32. The van der Waals surface area contributed by atoms with E-state index in [1.54, 1.807) is 12.1 Å². The van der Waals surface area contributed by atoms with Gasteiger partial charge in [0.25, 0.3) is 5.69 Å². The number of thiazole rings is 1. The fraction of sp³-hybridized carbons (Fsp3) is 0.200. The van der Waals surface area contributed by atoms with Gasteiger partial charge in [0.1, 0.15) is 6.04 Å². The molecule has 0 aliphatic carbocycles.